The number of anilines is 1. The third-order valence-corrected chi connectivity index (χ3v) is 3.89. The van der Waals surface area contributed by atoms with Gasteiger partial charge >= 0.3 is 10.7 Å². The number of carbonyl (C=O) groups excluding carboxylic acids is 1. The van der Waals surface area contributed by atoms with Crippen LogP contribution < -0.4 is 20.4 Å². The molecule has 1 heterocycles. The smallest absolute Gasteiger partial charge is 0.441 e. The summed E-state index contributed by atoms with van der Waals surface area (Å²) < 4.78 is 11.4. The molecule has 2 N–H and O–H groups in total. The Kier molecular flexibility index (Phi) is 5.65. The van der Waals surface area contributed by atoms with Gasteiger partial charge in [0.1, 0.15) is 5.75 Å². The van der Waals surface area contributed by atoms with E-state index in [2.05, 4.69) is 15.1 Å². The van der Waals surface area contributed by atoms with E-state index in [0.29, 0.717) is 29.5 Å². The number of benzene rings is 1. The van der Waals surface area contributed by atoms with E-state index in [1.807, 2.05) is 6.92 Å². The molecule has 0 saturated heterocycles. The normalized spacial score (nSPS) is 10.5. The molecule has 8 heteroatoms. The number of H-pyrrole nitrogens is 1. The third-order valence-electron chi connectivity index (χ3n) is 2.77. The van der Waals surface area contributed by atoms with Crippen molar-refractivity contribution in [3.63, 3.8) is 0 Å². The van der Waals surface area contributed by atoms with Crippen molar-refractivity contribution in [2.75, 3.05) is 17.7 Å². The highest BCUT2D eigenvalue weighted by atomic mass is 32.2. The highest BCUT2D eigenvalue weighted by Crippen LogP contribution is 2.16. The highest BCUT2D eigenvalue weighted by molar-refractivity contribution is 7.99. The Bertz CT molecular complexity index is 678. The minimum atomic E-state index is -0.431. The number of aromatic nitrogens is 2. The number of carbonyl (C=O) groups is 1. The molecule has 1 aromatic carbocycles. The van der Waals surface area contributed by atoms with Crippen LogP contribution >= 0.6 is 11.8 Å². The molecule has 0 saturated carbocycles. The standard InChI is InChI=1S/C14H17N3O4S/c1-3-20-11-6-4-10(5-7-11)15-12(18)8-9-22-13-14(19)21-16-17(13)2/h4-7H,3,8-9H2,1-2H3,(H-,15,16,18,19)/p+1. The topological polar surface area (TPSA) is 88.2 Å². The maximum absolute atomic E-state index is 11.8. The van der Waals surface area contributed by atoms with Crippen LogP contribution in [0.3, 0.4) is 0 Å². The van der Waals surface area contributed by atoms with Crippen molar-refractivity contribution in [2.45, 2.75) is 18.4 Å². The van der Waals surface area contributed by atoms with Crippen LogP contribution in [0.2, 0.25) is 0 Å². The zero-order valence-corrected chi connectivity index (χ0v) is 13.2. The van der Waals surface area contributed by atoms with Crippen molar-refractivity contribution in [1.82, 2.24) is 5.27 Å². The number of thioether (sulfide) groups is 1. The zero-order valence-electron chi connectivity index (χ0n) is 12.4. The van der Waals surface area contributed by atoms with E-state index in [4.69, 9.17) is 4.74 Å². The van der Waals surface area contributed by atoms with Crippen molar-refractivity contribution < 1.29 is 18.7 Å². The number of hydrogen-bond acceptors (Lipinski definition) is 5. The summed E-state index contributed by atoms with van der Waals surface area (Å²) in [5.74, 6) is 1.14. The van der Waals surface area contributed by atoms with Crippen molar-refractivity contribution in [1.29, 1.82) is 0 Å². The van der Waals surface area contributed by atoms with Gasteiger partial charge in [0, 0.05) is 17.9 Å². The summed E-state index contributed by atoms with van der Waals surface area (Å²) in [6.45, 7) is 2.52. The fraction of sp³-hybridized carbons (Fsp3) is 0.357. The van der Waals surface area contributed by atoms with Gasteiger partial charge in [-0.2, -0.15) is 0 Å². The largest absolute Gasteiger partial charge is 0.494 e. The fourth-order valence-corrected chi connectivity index (χ4v) is 2.62. The molecular formula is C14H18N3O4S+. The predicted molar refractivity (Wildman–Crippen MR) is 82.1 cm³/mol. The Morgan fingerprint density at radius 3 is 2.73 bits per heavy atom. The summed E-state index contributed by atoms with van der Waals surface area (Å²) in [4.78, 5) is 23.2. The number of rotatable bonds is 7. The van der Waals surface area contributed by atoms with E-state index in [1.165, 1.54) is 16.4 Å². The maximum atomic E-state index is 11.8. The minimum Gasteiger partial charge on any atom is -0.494 e. The van der Waals surface area contributed by atoms with Gasteiger partial charge < -0.3 is 10.1 Å². The van der Waals surface area contributed by atoms with Crippen LogP contribution in [-0.4, -0.2) is 23.5 Å². The molecule has 7 nitrogen and oxygen atoms in total. The van der Waals surface area contributed by atoms with Gasteiger partial charge in [-0.05, 0) is 48.2 Å². The van der Waals surface area contributed by atoms with Crippen molar-refractivity contribution in [3.05, 3.63) is 34.7 Å². The Morgan fingerprint density at radius 2 is 2.14 bits per heavy atom. The van der Waals surface area contributed by atoms with Gasteiger partial charge in [0.15, 0.2) is 7.05 Å². The molecule has 0 aliphatic heterocycles. The van der Waals surface area contributed by atoms with E-state index >= 15 is 0 Å². The van der Waals surface area contributed by atoms with Gasteiger partial charge in [-0.3, -0.25) is 9.32 Å². The lowest BCUT2D eigenvalue weighted by molar-refractivity contribution is -0.772. The molecule has 1 aromatic heterocycles. The Balaban J connectivity index is 1.79. The molecule has 0 unspecified atom stereocenters. The zero-order chi connectivity index (χ0) is 15.9. The average Bonchev–Trinajstić information content (AvgIpc) is 2.81. The van der Waals surface area contributed by atoms with E-state index in [0.717, 1.165) is 5.75 Å². The second-order valence-electron chi connectivity index (χ2n) is 4.45. The van der Waals surface area contributed by atoms with Crippen molar-refractivity contribution in [2.24, 2.45) is 7.05 Å². The summed E-state index contributed by atoms with van der Waals surface area (Å²) >= 11 is 1.27. The maximum Gasteiger partial charge on any atom is 0.441 e. The van der Waals surface area contributed by atoms with Gasteiger partial charge in [-0.1, -0.05) is 4.68 Å². The molecule has 0 spiro atoms. The number of aryl methyl sites for hydroxylation is 1. The molecule has 118 valence electrons. The van der Waals surface area contributed by atoms with Crippen LogP contribution in [0, 0.1) is 0 Å². The lowest BCUT2D eigenvalue weighted by Crippen LogP contribution is -2.33. The van der Waals surface area contributed by atoms with E-state index < -0.39 is 5.63 Å². The lowest BCUT2D eigenvalue weighted by atomic mass is 10.3. The van der Waals surface area contributed by atoms with Gasteiger partial charge in [0.05, 0.1) is 6.61 Å². The van der Waals surface area contributed by atoms with Crippen LogP contribution in [0.15, 0.2) is 38.6 Å². The molecule has 0 aliphatic rings. The van der Waals surface area contributed by atoms with E-state index in [9.17, 15) is 9.59 Å². The number of ether oxygens (including phenoxy) is 1. The van der Waals surface area contributed by atoms with Crippen molar-refractivity contribution in [3.8, 4) is 5.75 Å². The quantitative estimate of drug-likeness (QED) is 0.592. The number of hydrogen-bond donors (Lipinski definition) is 2. The third kappa shape index (κ3) is 4.39. The summed E-state index contributed by atoms with van der Waals surface area (Å²) in [7, 11) is 1.67. The Hall–Kier alpha value is -2.22. The van der Waals surface area contributed by atoms with Crippen LogP contribution in [0.1, 0.15) is 13.3 Å². The lowest BCUT2D eigenvalue weighted by Gasteiger charge is -2.06. The van der Waals surface area contributed by atoms with Crippen LogP contribution in [0.4, 0.5) is 5.69 Å². The minimum absolute atomic E-state index is 0.112. The first-order valence-corrected chi connectivity index (χ1v) is 7.81. The summed E-state index contributed by atoms with van der Waals surface area (Å²) in [6.07, 6.45) is 0.294. The molecule has 2 rings (SSSR count). The Labute approximate surface area is 131 Å². The second-order valence-corrected chi connectivity index (χ2v) is 5.53. The average molecular weight is 324 g/mol. The van der Waals surface area contributed by atoms with E-state index in [-0.39, 0.29) is 5.91 Å². The van der Waals surface area contributed by atoms with E-state index in [1.54, 1.807) is 31.3 Å². The Morgan fingerprint density at radius 1 is 1.41 bits per heavy atom. The first kappa shape index (κ1) is 16.2. The number of aromatic amines is 1. The molecule has 0 aliphatic carbocycles. The molecular weight excluding hydrogens is 306 g/mol. The molecule has 0 atom stereocenters. The molecule has 0 bridgehead atoms. The van der Waals surface area contributed by atoms with Gasteiger partial charge in [-0.15, -0.1) is 0 Å². The van der Waals surface area contributed by atoms with Crippen LogP contribution in [-0.2, 0) is 11.8 Å². The predicted octanol–water partition coefficient (Wildman–Crippen LogP) is 1.31. The highest BCUT2D eigenvalue weighted by Gasteiger charge is 2.17. The SMILES string of the molecule is CCOc1ccc(NC(=O)CCSc2c(=O)o[nH][n+]2C)cc1. The molecule has 0 radical (unpaired) electrons. The monoisotopic (exact) mass is 324 g/mol. The molecule has 0 fully saturated rings. The fourth-order valence-electron chi connectivity index (χ4n) is 1.75. The summed E-state index contributed by atoms with van der Waals surface area (Å²) in [5, 5.41) is 5.66. The first-order chi connectivity index (χ1) is 10.6. The van der Waals surface area contributed by atoms with Crippen molar-refractivity contribution >= 4 is 23.4 Å². The summed E-state index contributed by atoms with van der Waals surface area (Å²) in [6, 6.07) is 7.19. The number of nitrogens with zero attached hydrogens (tertiary/aromatic N) is 1. The van der Waals surface area contributed by atoms with Crippen LogP contribution in [0.5, 0.6) is 5.75 Å². The number of nitrogens with one attached hydrogen (secondary N) is 2. The second kappa shape index (κ2) is 7.69. The van der Waals surface area contributed by atoms with Gasteiger partial charge in [0.25, 0.3) is 0 Å². The van der Waals surface area contributed by atoms with Gasteiger partial charge in [-0.25, -0.2) is 4.79 Å². The summed E-state index contributed by atoms with van der Waals surface area (Å²) in [5.41, 5.74) is 0.282. The molecule has 1 amide bonds. The molecule has 2 aromatic rings. The molecule has 22 heavy (non-hydrogen) atoms. The van der Waals surface area contributed by atoms with Crippen LogP contribution in [0.25, 0.3) is 0 Å². The van der Waals surface area contributed by atoms with Gasteiger partial charge in [0.2, 0.25) is 5.91 Å². The first-order valence-electron chi connectivity index (χ1n) is 6.83. The number of amides is 1.